The molecule has 2 aromatic carbocycles. The first kappa shape index (κ1) is 14.5. The number of hydrogen-bond donors (Lipinski definition) is 1. The first-order valence-corrected chi connectivity index (χ1v) is 6.65. The molecule has 20 heavy (non-hydrogen) atoms. The van der Waals surface area contributed by atoms with E-state index in [2.05, 4.69) is 11.4 Å². The normalized spacial score (nSPS) is 12.2. The van der Waals surface area contributed by atoms with Gasteiger partial charge in [0.15, 0.2) is 0 Å². The van der Waals surface area contributed by atoms with Gasteiger partial charge in [-0.25, -0.2) is 4.39 Å². The second-order valence-corrected chi connectivity index (χ2v) is 4.92. The van der Waals surface area contributed by atoms with Crippen molar-refractivity contribution in [1.82, 2.24) is 5.32 Å². The van der Waals surface area contributed by atoms with Crippen molar-refractivity contribution in [3.05, 3.63) is 64.5 Å². The van der Waals surface area contributed by atoms with E-state index in [0.717, 1.165) is 22.4 Å². The Labute approximate surface area is 119 Å². The minimum atomic E-state index is -0.195. The molecule has 0 saturated heterocycles. The van der Waals surface area contributed by atoms with Gasteiger partial charge in [-0.1, -0.05) is 24.3 Å². The fourth-order valence-corrected chi connectivity index (χ4v) is 2.53. The third-order valence-electron chi connectivity index (χ3n) is 3.60. The number of aryl methyl sites for hydroxylation is 2. The maximum atomic E-state index is 14.0. The summed E-state index contributed by atoms with van der Waals surface area (Å²) in [5.41, 5.74) is 3.85. The Morgan fingerprint density at radius 3 is 2.35 bits per heavy atom. The Bertz CT molecular complexity index is 610. The van der Waals surface area contributed by atoms with Gasteiger partial charge in [-0.15, -0.1) is 0 Å². The average molecular weight is 273 g/mol. The van der Waals surface area contributed by atoms with E-state index in [1.54, 1.807) is 13.2 Å². The van der Waals surface area contributed by atoms with E-state index in [9.17, 15) is 4.39 Å². The molecule has 0 aromatic heterocycles. The fraction of sp³-hybridized carbons (Fsp3) is 0.294. The minimum absolute atomic E-state index is 0.166. The minimum Gasteiger partial charge on any atom is -0.496 e. The van der Waals surface area contributed by atoms with Crippen LogP contribution in [0.2, 0.25) is 0 Å². The highest BCUT2D eigenvalue weighted by atomic mass is 19.1. The maximum absolute atomic E-state index is 14.0. The molecule has 0 aliphatic carbocycles. The first-order chi connectivity index (χ1) is 9.58. The van der Waals surface area contributed by atoms with E-state index >= 15 is 0 Å². The summed E-state index contributed by atoms with van der Waals surface area (Å²) in [5, 5.41) is 3.20. The van der Waals surface area contributed by atoms with Crippen LogP contribution < -0.4 is 10.1 Å². The molecule has 0 amide bonds. The molecule has 0 bridgehead atoms. The predicted octanol–water partition coefficient (Wildman–Crippen LogP) is 3.76. The number of benzene rings is 2. The zero-order valence-electron chi connectivity index (χ0n) is 12.3. The summed E-state index contributed by atoms with van der Waals surface area (Å²) < 4.78 is 19.4. The van der Waals surface area contributed by atoms with Crippen molar-refractivity contribution >= 4 is 0 Å². The summed E-state index contributed by atoms with van der Waals surface area (Å²) in [6.07, 6.45) is 0. The lowest BCUT2D eigenvalue weighted by Gasteiger charge is -2.21. The van der Waals surface area contributed by atoms with Gasteiger partial charge in [0.2, 0.25) is 0 Å². The van der Waals surface area contributed by atoms with Gasteiger partial charge < -0.3 is 10.1 Å². The first-order valence-electron chi connectivity index (χ1n) is 6.65. The summed E-state index contributed by atoms with van der Waals surface area (Å²) in [6, 6.07) is 10.8. The van der Waals surface area contributed by atoms with Gasteiger partial charge in [0.05, 0.1) is 13.2 Å². The number of nitrogens with one attached hydrogen (secondary N) is 1. The topological polar surface area (TPSA) is 21.3 Å². The van der Waals surface area contributed by atoms with Crippen molar-refractivity contribution < 1.29 is 9.13 Å². The maximum Gasteiger partial charge on any atom is 0.128 e. The van der Waals surface area contributed by atoms with Gasteiger partial charge in [-0.3, -0.25) is 0 Å². The van der Waals surface area contributed by atoms with Gasteiger partial charge in [-0.2, -0.15) is 0 Å². The quantitative estimate of drug-likeness (QED) is 0.915. The zero-order chi connectivity index (χ0) is 14.7. The van der Waals surface area contributed by atoms with E-state index < -0.39 is 0 Å². The van der Waals surface area contributed by atoms with Crippen LogP contribution in [0.1, 0.15) is 28.3 Å². The standard InChI is InChI=1S/C17H20FNO/c1-11-10-16(20-4)12(2)9-14(11)17(19-3)13-7-5-6-8-15(13)18/h5-10,17,19H,1-4H3. The Morgan fingerprint density at radius 2 is 1.75 bits per heavy atom. The largest absolute Gasteiger partial charge is 0.496 e. The van der Waals surface area contributed by atoms with Crippen LogP contribution in [-0.2, 0) is 0 Å². The number of rotatable bonds is 4. The summed E-state index contributed by atoms with van der Waals surface area (Å²) >= 11 is 0. The van der Waals surface area contributed by atoms with E-state index in [1.807, 2.05) is 39.1 Å². The van der Waals surface area contributed by atoms with Crippen LogP contribution in [-0.4, -0.2) is 14.2 Å². The zero-order valence-corrected chi connectivity index (χ0v) is 12.3. The lowest BCUT2D eigenvalue weighted by atomic mass is 9.93. The molecule has 0 saturated carbocycles. The summed E-state index contributed by atoms with van der Waals surface area (Å²) in [4.78, 5) is 0. The van der Waals surface area contributed by atoms with E-state index in [1.165, 1.54) is 6.07 Å². The average Bonchev–Trinajstić information content (AvgIpc) is 2.45. The van der Waals surface area contributed by atoms with Gasteiger partial charge in [0, 0.05) is 5.56 Å². The lowest BCUT2D eigenvalue weighted by Crippen LogP contribution is -2.20. The number of ether oxygens (including phenoxy) is 1. The van der Waals surface area contributed by atoms with Crippen LogP contribution in [0.25, 0.3) is 0 Å². The summed E-state index contributed by atoms with van der Waals surface area (Å²) in [6.45, 7) is 4.01. The number of halogens is 1. The molecule has 0 aliphatic rings. The molecule has 2 nitrogen and oxygen atoms in total. The highest BCUT2D eigenvalue weighted by molar-refractivity contribution is 5.45. The molecule has 3 heteroatoms. The van der Waals surface area contributed by atoms with Gasteiger partial charge >= 0.3 is 0 Å². The fourth-order valence-electron chi connectivity index (χ4n) is 2.53. The molecule has 1 unspecified atom stereocenters. The number of hydrogen-bond acceptors (Lipinski definition) is 2. The molecule has 106 valence electrons. The molecular weight excluding hydrogens is 253 g/mol. The Morgan fingerprint density at radius 1 is 1.05 bits per heavy atom. The van der Waals surface area contributed by atoms with Crippen LogP contribution in [0.5, 0.6) is 5.75 Å². The van der Waals surface area contributed by atoms with E-state index in [-0.39, 0.29) is 11.9 Å². The van der Waals surface area contributed by atoms with Crippen molar-refractivity contribution in [2.45, 2.75) is 19.9 Å². The van der Waals surface area contributed by atoms with Crippen LogP contribution in [0.15, 0.2) is 36.4 Å². The van der Waals surface area contributed by atoms with Crippen molar-refractivity contribution in [3.8, 4) is 5.75 Å². The molecule has 0 radical (unpaired) electrons. The third kappa shape index (κ3) is 2.68. The predicted molar refractivity (Wildman–Crippen MR) is 79.8 cm³/mol. The van der Waals surface area contributed by atoms with Crippen LogP contribution in [0.3, 0.4) is 0 Å². The van der Waals surface area contributed by atoms with Crippen molar-refractivity contribution in [1.29, 1.82) is 0 Å². The van der Waals surface area contributed by atoms with Crippen molar-refractivity contribution in [3.63, 3.8) is 0 Å². The van der Waals surface area contributed by atoms with Crippen LogP contribution in [0.4, 0.5) is 4.39 Å². The Balaban J connectivity index is 2.53. The summed E-state index contributed by atoms with van der Waals surface area (Å²) in [7, 11) is 3.50. The van der Waals surface area contributed by atoms with Gasteiger partial charge in [0.1, 0.15) is 11.6 Å². The molecule has 1 N–H and O–H groups in total. The Hall–Kier alpha value is -1.87. The van der Waals surface area contributed by atoms with Crippen molar-refractivity contribution in [2.75, 3.05) is 14.2 Å². The molecule has 0 fully saturated rings. The molecule has 0 heterocycles. The van der Waals surface area contributed by atoms with Crippen molar-refractivity contribution in [2.24, 2.45) is 0 Å². The summed E-state index contributed by atoms with van der Waals surface area (Å²) in [5.74, 6) is 0.661. The van der Waals surface area contributed by atoms with Gasteiger partial charge in [-0.05, 0) is 49.7 Å². The highest BCUT2D eigenvalue weighted by Crippen LogP contribution is 2.31. The molecule has 2 aromatic rings. The lowest BCUT2D eigenvalue weighted by molar-refractivity contribution is 0.411. The highest BCUT2D eigenvalue weighted by Gasteiger charge is 2.18. The number of methoxy groups -OCH3 is 1. The molecule has 0 aliphatic heterocycles. The van der Waals surface area contributed by atoms with Crippen LogP contribution in [0, 0.1) is 19.7 Å². The van der Waals surface area contributed by atoms with E-state index in [4.69, 9.17) is 4.74 Å². The van der Waals surface area contributed by atoms with Crippen LogP contribution >= 0.6 is 0 Å². The van der Waals surface area contributed by atoms with E-state index in [0.29, 0.717) is 5.56 Å². The molecule has 2 rings (SSSR count). The molecule has 1 atom stereocenters. The molecule has 0 spiro atoms. The monoisotopic (exact) mass is 273 g/mol. The van der Waals surface area contributed by atoms with Gasteiger partial charge in [0.25, 0.3) is 0 Å². The second-order valence-electron chi connectivity index (χ2n) is 4.92. The smallest absolute Gasteiger partial charge is 0.128 e. The Kier molecular flexibility index (Phi) is 4.40. The second kappa shape index (κ2) is 6.06. The molecular formula is C17H20FNO. The third-order valence-corrected chi connectivity index (χ3v) is 3.60. The SMILES string of the molecule is CNC(c1cc(C)c(OC)cc1C)c1ccccc1F.